The molecular weight excluding hydrogens is 180 g/mol. The molecule has 80 valence electrons. The van der Waals surface area contributed by atoms with Gasteiger partial charge in [-0.3, -0.25) is 4.79 Å². The van der Waals surface area contributed by atoms with E-state index in [4.69, 9.17) is 4.74 Å². The first-order valence-electron chi connectivity index (χ1n) is 5.30. The van der Waals surface area contributed by atoms with Crippen molar-refractivity contribution in [1.29, 1.82) is 0 Å². The number of nitrogens with zero attached hydrogens (tertiary/aromatic N) is 1. The highest BCUT2D eigenvalue weighted by molar-refractivity contribution is 5.77. The van der Waals surface area contributed by atoms with Gasteiger partial charge in [-0.05, 0) is 13.8 Å². The van der Waals surface area contributed by atoms with Crippen molar-refractivity contribution in [2.75, 3.05) is 19.8 Å². The van der Waals surface area contributed by atoms with Gasteiger partial charge < -0.3 is 15.0 Å². The lowest BCUT2D eigenvalue weighted by Crippen LogP contribution is -2.50. The van der Waals surface area contributed by atoms with Gasteiger partial charge in [-0.1, -0.05) is 0 Å². The standard InChI is InChI=1S/C10H18N2O2/c1-7(2)12-4-9-6-14-5-8(11-9)3-10(12)13/h7-9,11H,3-6H2,1-2H3. The van der Waals surface area contributed by atoms with E-state index in [9.17, 15) is 4.79 Å². The van der Waals surface area contributed by atoms with E-state index in [0.29, 0.717) is 25.1 Å². The number of hydrogen-bond acceptors (Lipinski definition) is 3. The first-order valence-corrected chi connectivity index (χ1v) is 5.30. The van der Waals surface area contributed by atoms with Crippen molar-refractivity contribution in [3.8, 4) is 0 Å². The first kappa shape index (κ1) is 9.93. The van der Waals surface area contributed by atoms with Gasteiger partial charge in [-0.2, -0.15) is 0 Å². The highest BCUT2D eigenvalue weighted by atomic mass is 16.5. The van der Waals surface area contributed by atoms with Crippen LogP contribution in [0.4, 0.5) is 0 Å². The van der Waals surface area contributed by atoms with Crippen molar-refractivity contribution in [3.05, 3.63) is 0 Å². The monoisotopic (exact) mass is 198 g/mol. The van der Waals surface area contributed by atoms with Crippen molar-refractivity contribution < 1.29 is 9.53 Å². The fourth-order valence-electron chi connectivity index (χ4n) is 2.17. The minimum atomic E-state index is 0.227. The zero-order valence-electron chi connectivity index (χ0n) is 8.82. The number of morpholine rings is 1. The Balaban J connectivity index is 2.10. The van der Waals surface area contributed by atoms with Crippen LogP contribution in [-0.2, 0) is 9.53 Å². The Morgan fingerprint density at radius 2 is 2.14 bits per heavy atom. The summed E-state index contributed by atoms with van der Waals surface area (Å²) in [6.07, 6.45) is 0.578. The van der Waals surface area contributed by atoms with Crippen LogP contribution in [0.25, 0.3) is 0 Å². The van der Waals surface area contributed by atoms with Gasteiger partial charge in [-0.25, -0.2) is 0 Å². The van der Waals surface area contributed by atoms with Gasteiger partial charge in [0.15, 0.2) is 0 Å². The largest absolute Gasteiger partial charge is 0.378 e. The molecule has 2 fully saturated rings. The fraction of sp³-hybridized carbons (Fsp3) is 0.900. The predicted molar refractivity (Wildman–Crippen MR) is 53.0 cm³/mol. The number of nitrogens with one attached hydrogen (secondary N) is 1. The number of carbonyl (C=O) groups excluding carboxylic acids is 1. The predicted octanol–water partition coefficient (Wildman–Crippen LogP) is -0.0159. The SMILES string of the molecule is CC(C)N1CC2COCC(CC1=O)N2. The van der Waals surface area contributed by atoms with E-state index >= 15 is 0 Å². The van der Waals surface area contributed by atoms with Crippen LogP contribution >= 0.6 is 0 Å². The molecule has 14 heavy (non-hydrogen) atoms. The van der Waals surface area contributed by atoms with Gasteiger partial charge in [0.05, 0.1) is 13.2 Å². The van der Waals surface area contributed by atoms with E-state index in [1.165, 1.54) is 0 Å². The van der Waals surface area contributed by atoms with Crippen LogP contribution < -0.4 is 5.32 Å². The third-order valence-corrected chi connectivity index (χ3v) is 2.89. The van der Waals surface area contributed by atoms with Gasteiger partial charge in [0, 0.05) is 31.1 Å². The maximum absolute atomic E-state index is 11.8. The summed E-state index contributed by atoms with van der Waals surface area (Å²) in [6, 6.07) is 0.844. The van der Waals surface area contributed by atoms with Crippen molar-refractivity contribution in [3.63, 3.8) is 0 Å². The van der Waals surface area contributed by atoms with Gasteiger partial charge in [0.25, 0.3) is 0 Å². The van der Waals surface area contributed by atoms with Crippen LogP contribution in [0.1, 0.15) is 20.3 Å². The fourth-order valence-corrected chi connectivity index (χ4v) is 2.17. The Morgan fingerprint density at radius 3 is 2.86 bits per heavy atom. The second-order valence-electron chi connectivity index (χ2n) is 4.44. The summed E-state index contributed by atoms with van der Waals surface area (Å²) in [6.45, 7) is 6.32. The zero-order chi connectivity index (χ0) is 10.1. The van der Waals surface area contributed by atoms with Gasteiger partial charge in [0.2, 0.25) is 5.91 Å². The van der Waals surface area contributed by atoms with Gasteiger partial charge in [-0.15, -0.1) is 0 Å². The number of hydrogen-bond donors (Lipinski definition) is 1. The Bertz CT molecular complexity index is 230. The van der Waals surface area contributed by atoms with Crippen LogP contribution in [0.3, 0.4) is 0 Å². The molecule has 0 aliphatic carbocycles. The van der Waals surface area contributed by atoms with Crippen molar-refractivity contribution >= 4 is 5.91 Å². The minimum Gasteiger partial charge on any atom is -0.378 e. The topological polar surface area (TPSA) is 41.6 Å². The van der Waals surface area contributed by atoms with E-state index in [1.54, 1.807) is 0 Å². The second kappa shape index (κ2) is 3.87. The van der Waals surface area contributed by atoms with Crippen LogP contribution in [0.2, 0.25) is 0 Å². The molecule has 0 aromatic heterocycles. The molecule has 0 spiro atoms. The van der Waals surface area contributed by atoms with Crippen LogP contribution in [0.15, 0.2) is 0 Å². The quantitative estimate of drug-likeness (QED) is 0.644. The summed E-state index contributed by atoms with van der Waals surface area (Å²) in [4.78, 5) is 13.8. The highest BCUT2D eigenvalue weighted by Crippen LogP contribution is 2.14. The average molecular weight is 198 g/mol. The Morgan fingerprint density at radius 1 is 1.43 bits per heavy atom. The third-order valence-electron chi connectivity index (χ3n) is 2.89. The van der Waals surface area contributed by atoms with E-state index in [0.717, 1.165) is 13.2 Å². The lowest BCUT2D eigenvalue weighted by molar-refractivity contribution is -0.132. The van der Waals surface area contributed by atoms with Crippen LogP contribution in [0, 0.1) is 0 Å². The number of carbonyl (C=O) groups is 1. The van der Waals surface area contributed by atoms with Gasteiger partial charge >= 0.3 is 0 Å². The summed E-state index contributed by atoms with van der Waals surface area (Å²) in [5.41, 5.74) is 0. The summed E-state index contributed by atoms with van der Waals surface area (Å²) in [5, 5.41) is 3.44. The maximum atomic E-state index is 11.8. The normalized spacial score (nSPS) is 33.4. The van der Waals surface area contributed by atoms with Crippen molar-refractivity contribution in [1.82, 2.24) is 10.2 Å². The lowest BCUT2D eigenvalue weighted by atomic mass is 10.2. The summed E-state index contributed by atoms with van der Waals surface area (Å²) in [7, 11) is 0. The molecule has 2 saturated heterocycles. The van der Waals surface area contributed by atoms with Crippen molar-refractivity contribution in [2.24, 2.45) is 0 Å². The smallest absolute Gasteiger partial charge is 0.224 e. The molecule has 1 N–H and O–H groups in total. The maximum Gasteiger partial charge on any atom is 0.224 e. The molecule has 2 aliphatic rings. The molecule has 2 bridgehead atoms. The molecule has 0 aromatic carbocycles. The van der Waals surface area contributed by atoms with Crippen LogP contribution in [-0.4, -0.2) is 48.7 Å². The van der Waals surface area contributed by atoms with E-state index in [1.807, 2.05) is 4.90 Å². The minimum absolute atomic E-state index is 0.227. The molecular formula is C10H18N2O2. The summed E-state index contributed by atoms with van der Waals surface area (Å²) in [5.74, 6) is 0.255. The second-order valence-corrected chi connectivity index (χ2v) is 4.44. The average Bonchev–Trinajstić information content (AvgIpc) is 2.23. The lowest BCUT2D eigenvalue weighted by Gasteiger charge is -2.30. The third kappa shape index (κ3) is 1.91. The zero-order valence-corrected chi connectivity index (χ0v) is 8.82. The molecule has 0 saturated carbocycles. The Hall–Kier alpha value is -0.610. The molecule has 2 aliphatic heterocycles. The highest BCUT2D eigenvalue weighted by Gasteiger charge is 2.32. The van der Waals surface area contributed by atoms with Gasteiger partial charge in [0.1, 0.15) is 0 Å². The van der Waals surface area contributed by atoms with Crippen LogP contribution in [0.5, 0.6) is 0 Å². The number of amides is 1. The van der Waals surface area contributed by atoms with E-state index < -0.39 is 0 Å². The molecule has 2 unspecified atom stereocenters. The molecule has 2 rings (SSSR count). The number of fused-ring (bicyclic) bond motifs is 2. The molecule has 0 radical (unpaired) electrons. The van der Waals surface area contributed by atoms with Crippen molar-refractivity contribution in [2.45, 2.75) is 38.4 Å². The van der Waals surface area contributed by atoms with E-state index in [2.05, 4.69) is 19.2 Å². The number of rotatable bonds is 1. The first-order chi connectivity index (χ1) is 6.66. The molecule has 1 amide bonds. The Labute approximate surface area is 84.6 Å². The number of ether oxygens (including phenoxy) is 1. The summed E-state index contributed by atoms with van der Waals surface area (Å²) < 4.78 is 5.45. The van der Waals surface area contributed by atoms with E-state index in [-0.39, 0.29) is 11.9 Å². The molecule has 2 atom stereocenters. The molecule has 2 heterocycles. The molecule has 4 nitrogen and oxygen atoms in total. The Kier molecular flexibility index (Phi) is 2.74. The molecule has 4 heteroatoms. The molecule has 0 aromatic rings. The summed E-state index contributed by atoms with van der Waals surface area (Å²) >= 11 is 0.